The van der Waals surface area contributed by atoms with E-state index in [1.54, 1.807) is 6.07 Å². The summed E-state index contributed by atoms with van der Waals surface area (Å²) in [5.41, 5.74) is -0.260. The Labute approximate surface area is 99.0 Å². The van der Waals surface area contributed by atoms with Crippen LogP contribution in [0.15, 0.2) is 18.3 Å². The molecule has 6 nitrogen and oxygen atoms in total. The highest BCUT2D eigenvalue weighted by Gasteiger charge is 2.33. The molecule has 3 N–H and O–H groups in total. The van der Waals surface area contributed by atoms with Crippen LogP contribution in [0.4, 0.5) is 5.82 Å². The van der Waals surface area contributed by atoms with E-state index in [1.807, 2.05) is 6.92 Å². The maximum atomic E-state index is 11.5. The first-order valence-electron chi connectivity index (χ1n) is 5.38. The zero-order valence-electron chi connectivity index (χ0n) is 9.56. The lowest BCUT2D eigenvalue weighted by molar-refractivity contribution is -0.130. The molecule has 0 bridgehead atoms. The van der Waals surface area contributed by atoms with Gasteiger partial charge in [-0.25, -0.2) is 4.98 Å². The lowest BCUT2D eigenvalue weighted by Crippen LogP contribution is -2.59. The van der Waals surface area contributed by atoms with Crippen LogP contribution in [0.1, 0.15) is 6.92 Å². The van der Waals surface area contributed by atoms with Crippen LogP contribution in [-0.2, 0) is 9.53 Å². The van der Waals surface area contributed by atoms with Gasteiger partial charge in [-0.1, -0.05) is 0 Å². The highest BCUT2D eigenvalue weighted by atomic mass is 16.5. The number of nitrogens with zero attached hydrogens (tertiary/aromatic N) is 1. The van der Waals surface area contributed by atoms with Gasteiger partial charge in [0.25, 0.3) is 5.91 Å². The summed E-state index contributed by atoms with van der Waals surface area (Å²) in [7, 11) is 0. The number of carbonyl (C=O) groups excluding carboxylic acids is 1. The average molecular weight is 237 g/mol. The van der Waals surface area contributed by atoms with Gasteiger partial charge in [-0.2, -0.15) is 0 Å². The van der Waals surface area contributed by atoms with Crippen molar-refractivity contribution in [3.63, 3.8) is 0 Å². The van der Waals surface area contributed by atoms with Gasteiger partial charge in [-0.15, -0.1) is 0 Å². The Morgan fingerprint density at radius 3 is 3.06 bits per heavy atom. The summed E-state index contributed by atoms with van der Waals surface area (Å²) in [5, 5.41) is 15.0. The van der Waals surface area contributed by atoms with E-state index in [2.05, 4.69) is 15.6 Å². The monoisotopic (exact) mass is 237 g/mol. The zero-order chi connectivity index (χ0) is 12.3. The average Bonchev–Trinajstić information content (AvgIpc) is 2.27. The molecule has 1 aromatic heterocycles. The number of rotatable bonds is 4. The van der Waals surface area contributed by atoms with Gasteiger partial charge in [0, 0.05) is 19.3 Å². The Balaban J connectivity index is 1.83. The second-order valence-corrected chi connectivity index (χ2v) is 4.26. The standard InChI is InChI=1S/C11H15N3O3/c1-11(6-12-7-11)17-5-9(16)14-10-8(15)3-2-4-13-10/h2-4,12,15H,5-7H2,1H3,(H,13,14,16). The molecule has 1 saturated heterocycles. The van der Waals surface area contributed by atoms with Crippen LogP contribution >= 0.6 is 0 Å². The summed E-state index contributed by atoms with van der Waals surface area (Å²) >= 11 is 0. The van der Waals surface area contributed by atoms with Gasteiger partial charge in [0.05, 0.1) is 5.60 Å². The number of anilines is 1. The number of hydrogen-bond donors (Lipinski definition) is 3. The van der Waals surface area contributed by atoms with Crippen LogP contribution in [0.25, 0.3) is 0 Å². The van der Waals surface area contributed by atoms with Crippen molar-refractivity contribution >= 4 is 11.7 Å². The Bertz CT molecular complexity index is 418. The molecule has 1 aliphatic heterocycles. The van der Waals surface area contributed by atoms with Gasteiger partial charge >= 0.3 is 0 Å². The van der Waals surface area contributed by atoms with Crippen molar-refractivity contribution in [3.8, 4) is 5.75 Å². The lowest BCUT2D eigenvalue weighted by atomic mass is 10.0. The SMILES string of the molecule is CC1(OCC(=O)Nc2ncccc2O)CNC1. The number of hydrogen-bond acceptors (Lipinski definition) is 5. The van der Waals surface area contributed by atoms with Gasteiger partial charge in [0.1, 0.15) is 6.61 Å². The molecule has 1 amide bonds. The van der Waals surface area contributed by atoms with Crippen LogP contribution in [0.2, 0.25) is 0 Å². The summed E-state index contributed by atoms with van der Waals surface area (Å²) in [6.45, 7) is 3.38. The minimum Gasteiger partial charge on any atom is -0.504 e. The van der Waals surface area contributed by atoms with Crippen molar-refractivity contribution in [2.45, 2.75) is 12.5 Å². The van der Waals surface area contributed by atoms with E-state index in [1.165, 1.54) is 12.3 Å². The van der Waals surface area contributed by atoms with Crippen molar-refractivity contribution < 1.29 is 14.6 Å². The molecule has 1 fully saturated rings. The van der Waals surface area contributed by atoms with E-state index in [0.29, 0.717) is 0 Å². The molecule has 1 aromatic rings. The Kier molecular flexibility index (Phi) is 3.26. The van der Waals surface area contributed by atoms with Crippen LogP contribution in [0.3, 0.4) is 0 Å². The highest BCUT2D eigenvalue weighted by molar-refractivity contribution is 5.91. The molecule has 0 aliphatic carbocycles. The summed E-state index contributed by atoms with van der Waals surface area (Å²) in [5.74, 6) is -0.234. The normalized spacial score (nSPS) is 17.2. The fraction of sp³-hybridized carbons (Fsp3) is 0.455. The largest absolute Gasteiger partial charge is 0.504 e. The minimum absolute atomic E-state index is 0.0474. The van der Waals surface area contributed by atoms with Crippen molar-refractivity contribution in [2.75, 3.05) is 25.0 Å². The van der Waals surface area contributed by atoms with E-state index >= 15 is 0 Å². The molecule has 0 saturated carbocycles. The van der Waals surface area contributed by atoms with Gasteiger partial charge in [0.2, 0.25) is 0 Å². The van der Waals surface area contributed by atoms with Crippen LogP contribution in [-0.4, -0.2) is 41.3 Å². The highest BCUT2D eigenvalue weighted by Crippen LogP contribution is 2.19. The van der Waals surface area contributed by atoms with E-state index in [-0.39, 0.29) is 29.7 Å². The third kappa shape index (κ3) is 2.92. The fourth-order valence-corrected chi connectivity index (χ4v) is 1.48. The van der Waals surface area contributed by atoms with E-state index in [9.17, 15) is 9.90 Å². The maximum Gasteiger partial charge on any atom is 0.251 e. The molecule has 0 spiro atoms. The summed E-state index contributed by atoms with van der Waals surface area (Å²) < 4.78 is 5.46. The number of ether oxygens (including phenoxy) is 1. The van der Waals surface area contributed by atoms with Gasteiger partial charge in [0.15, 0.2) is 11.6 Å². The molecule has 0 radical (unpaired) electrons. The van der Waals surface area contributed by atoms with Crippen molar-refractivity contribution in [3.05, 3.63) is 18.3 Å². The molecule has 6 heteroatoms. The number of aromatic nitrogens is 1. The van der Waals surface area contributed by atoms with Crippen molar-refractivity contribution in [2.24, 2.45) is 0 Å². The topological polar surface area (TPSA) is 83.5 Å². The minimum atomic E-state index is -0.327. The first-order valence-corrected chi connectivity index (χ1v) is 5.38. The van der Waals surface area contributed by atoms with Gasteiger partial charge in [-0.3, -0.25) is 4.79 Å². The Morgan fingerprint density at radius 1 is 1.71 bits per heavy atom. The number of carbonyl (C=O) groups is 1. The van der Waals surface area contributed by atoms with Crippen molar-refractivity contribution in [1.29, 1.82) is 0 Å². The lowest BCUT2D eigenvalue weighted by Gasteiger charge is -2.38. The van der Waals surface area contributed by atoms with Gasteiger partial charge < -0.3 is 20.5 Å². The molecule has 92 valence electrons. The number of pyridine rings is 1. The number of aromatic hydroxyl groups is 1. The third-order valence-electron chi connectivity index (χ3n) is 2.59. The summed E-state index contributed by atoms with van der Waals surface area (Å²) in [6.07, 6.45) is 1.49. The number of amides is 1. The first-order chi connectivity index (χ1) is 8.09. The quantitative estimate of drug-likeness (QED) is 0.692. The smallest absolute Gasteiger partial charge is 0.251 e. The predicted octanol–water partition coefficient (Wildman–Crippen LogP) is 0.104. The molecular formula is C11H15N3O3. The van der Waals surface area contributed by atoms with E-state index in [4.69, 9.17) is 4.74 Å². The third-order valence-corrected chi connectivity index (χ3v) is 2.59. The van der Waals surface area contributed by atoms with Gasteiger partial charge in [-0.05, 0) is 19.1 Å². The van der Waals surface area contributed by atoms with Crippen molar-refractivity contribution in [1.82, 2.24) is 10.3 Å². The molecule has 17 heavy (non-hydrogen) atoms. The molecule has 2 heterocycles. The fourth-order valence-electron chi connectivity index (χ4n) is 1.48. The second-order valence-electron chi connectivity index (χ2n) is 4.26. The molecule has 0 unspecified atom stereocenters. The second kappa shape index (κ2) is 4.68. The molecule has 1 aliphatic rings. The predicted molar refractivity (Wildman–Crippen MR) is 61.8 cm³/mol. The Hall–Kier alpha value is -1.66. The maximum absolute atomic E-state index is 11.5. The van der Waals surface area contributed by atoms with Crippen LogP contribution in [0, 0.1) is 0 Å². The zero-order valence-corrected chi connectivity index (χ0v) is 9.56. The molecule has 0 atom stereocenters. The Morgan fingerprint density at radius 2 is 2.47 bits per heavy atom. The van der Waals surface area contributed by atoms with E-state index in [0.717, 1.165) is 13.1 Å². The summed E-state index contributed by atoms with van der Waals surface area (Å²) in [4.78, 5) is 15.4. The summed E-state index contributed by atoms with van der Waals surface area (Å²) in [6, 6.07) is 3.04. The molecular weight excluding hydrogens is 222 g/mol. The molecule has 2 rings (SSSR count). The van der Waals surface area contributed by atoms with Crippen LogP contribution < -0.4 is 10.6 Å². The first kappa shape index (κ1) is 11.8. The van der Waals surface area contributed by atoms with Crippen LogP contribution in [0.5, 0.6) is 5.75 Å². The molecule has 0 aromatic carbocycles. The number of nitrogens with one attached hydrogen (secondary N) is 2. The van der Waals surface area contributed by atoms with E-state index < -0.39 is 0 Å².